The summed E-state index contributed by atoms with van der Waals surface area (Å²) >= 11 is 3.60. The van der Waals surface area contributed by atoms with Crippen molar-refractivity contribution in [3.8, 4) is 0 Å². The summed E-state index contributed by atoms with van der Waals surface area (Å²) in [6, 6.07) is 0. The van der Waals surface area contributed by atoms with Crippen LogP contribution >= 0.6 is 15.9 Å². The molecular formula is C16H24BrNO2. The van der Waals surface area contributed by atoms with E-state index >= 15 is 0 Å². The maximum atomic E-state index is 13.2. The van der Waals surface area contributed by atoms with E-state index in [0.717, 1.165) is 38.8 Å². The summed E-state index contributed by atoms with van der Waals surface area (Å²) < 4.78 is 0. The van der Waals surface area contributed by atoms with Crippen molar-refractivity contribution in [1.29, 1.82) is 0 Å². The first-order valence-corrected chi connectivity index (χ1v) is 8.68. The van der Waals surface area contributed by atoms with Gasteiger partial charge in [-0.2, -0.15) is 0 Å². The van der Waals surface area contributed by atoms with Crippen LogP contribution in [0.1, 0.15) is 52.9 Å². The first-order valence-electron chi connectivity index (χ1n) is 7.77. The SMILES string of the molecule is CC1(C)[C@]2(C(=O)N3CCCCC3)CC[C@]1(C)C(=O)[C@H]2Br. The van der Waals surface area contributed by atoms with E-state index in [2.05, 4.69) is 36.7 Å². The minimum atomic E-state index is -0.532. The molecule has 4 heteroatoms. The predicted molar refractivity (Wildman–Crippen MR) is 81.7 cm³/mol. The average Bonchev–Trinajstić information content (AvgIpc) is 2.71. The summed E-state index contributed by atoms with van der Waals surface area (Å²) in [5.41, 5.74) is -1.15. The molecule has 1 amide bonds. The Morgan fingerprint density at radius 3 is 2.25 bits per heavy atom. The second kappa shape index (κ2) is 4.31. The molecular weight excluding hydrogens is 318 g/mol. The fraction of sp³-hybridized carbons (Fsp3) is 0.875. The molecule has 1 heterocycles. The maximum Gasteiger partial charge on any atom is 0.230 e. The number of carbonyl (C=O) groups is 2. The zero-order valence-electron chi connectivity index (χ0n) is 12.7. The summed E-state index contributed by atoms with van der Waals surface area (Å²) in [4.78, 5) is 27.6. The third kappa shape index (κ3) is 1.42. The van der Waals surface area contributed by atoms with Crippen molar-refractivity contribution in [3.63, 3.8) is 0 Å². The van der Waals surface area contributed by atoms with Crippen LogP contribution in [0.25, 0.3) is 0 Å². The van der Waals surface area contributed by atoms with Crippen LogP contribution in [-0.4, -0.2) is 34.5 Å². The van der Waals surface area contributed by atoms with Gasteiger partial charge in [-0.25, -0.2) is 0 Å². The molecule has 3 aliphatic rings. The van der Waals surface area contributed by atoms with Gasteiger partial charge in [0.15, 0.2) is 5.78 Å². The van der Waals surface area contributed by atoms with E-state index in [1.165, 1.54) is 6.42 Å². The normalized spacial score (nSPS) is 43.1. The summed E-state index contributed by atoms with van der Waals surface area (Å²) in [6.45, 7) is 8.03. The molecule has 3 fully saturated rings. The Labute approximate surface area is 129 Å². The van der Waals surface area contributed by atoms with Gasteiger partial charge in [-0.3, -0.25) is 9.59 Å². The van der Waals surface area contributed by atoms with Crippen LogP contribution in [0.4, 0.5) is 0 Å². The summed E-state index contributed by atoms with van der Waals surface area (Å²) in [5, 5.41) is 0. The Bertz CT molecular complexity index is 469. The van der Waals surface area contributed by atoms with Crippen molar-refractivity contribution in [2.75, 3.05) is 13.1 Å². The minimum Gasteiger partial charge on any atom is -0.342 e. The Kier molecular flexibility index (Phi) is 3.14. The Balaban J connectivity index is 2.02. The first kappa shape index (κ1) is 14.6. The Hall–Kier alpha value is -0.380. The van der Waals surface area contributed by atoms with Gasteiger partial charge in [0.05, 0.1) is 10.2 Å². The number of amides is 1. The van der Waals surface area contributed by atoms with Gasteiger partial charge >= 0.3 is 0 Å². The lowest BCUT2D eigenvalue weighted by Gasteiger charge is -2.43. The third-order valence-corrected chi connectivity index (χ3v) is 7.94. The van der Waals surface area contributed by atoms with Crippen LogP contribution < -0.4 is 0 Å². The van der Waals surface area contributed by atoms with E-state index < -0.39 is 5.41 Å². The predicted octanol–water partition coefficient (Wildman–Crippen LogP) is 3.16. The molecule has 0 spiro atoms. The van der Waals surface area contributed by atoms with Gasteiger partial charge < -0.3 is 4.90 Å². The van der Waals surface area contributed by atoms with Gasteiger partial charge in [0.25, 0.3) is 0 Å². The van der Waals surface area contributed by atoms with Gasteiger partial charge in [-0.1, -0.05) is 36.7 Å². The number of halogens is 1. The number of Topliss-reactive ketones (excluding diaryl/α,β-unsaturated/α-hetero) is 1. The molecule has 0 radical (unpaired) electrons. The lowest BCUT2D eigenvalue weighted by molar-refractivity contribution is -0.148. The molecule has 0 aromatic heterocycles. The zero-order chi connectivity index (χ0) is 14.8. The highest BCUT2D eigenvalue weighted by atomic mass is 79.9. The molecule has 0 N–H and O–H groups in total. The lowest BCUT2D eigenvalue weighted by atomic mass is 9.64. The molecule has 2 saturated carbocycles. The fourth-order valence-corrected chi connectivity index (χ4v) is 6.31. The Morgan fingerprint density at radius 1 is 1.15 bits per heavy atom. The van der Waals surface area contributed by atoms with Crippen molar-refractivity contribution < 1.29 is 9.59 Å². The van der Waals surface area contributed by atoms with E-state index in [-0.39, 0.29) is 27.3 Å². The van der Waals surface area contributed by atoms with Gasteiger partial charge in [0.2, 0.25) is 5.91 Å². The summed E-state index contributed by atoms with van der Waals surface area (Å²) in [6.07, 6.45) is 5.10. The van der Waals surface area contributed by atoms with Gasteiger partial charge in [-0.15, -0.1) is 0 Å². The molecule has 0 aromatic rings. The molecule has 0 aromatic carbocycles. The van der Waals surface area contributed by atoms with Crippen molar-refractivity contribution in [2.24, 2.45) is 16.2 Å². The highest BCUT2D eigenvalue weighted by Gasteiger charge is 2.77. The highest BCUT2D eigenvalue weighted by molar-refractivity contribution is 9.10. The molecule has 3 rings (SSSR count). The van der Waals surface area contributed by atoms with E-state index in [1.54, 1.807) is 0 Å². The van der Waals surface area contributed by atoms with E-state index in [4.69, 9.17) is 0 Å². The summed E-state index contributed by atoms with van der Waals surface area (Å²) in [7, 11) is 0. The number of fused-ring (bicyclic) bond motifs is 2. The van der Waals surface area contributed by atoms with Crippen molar-refractivity contribution >= 4 is 27.6 Å². The standard InChI is InChI=1S/C16H24BrNO2/c1-14(2)15(3)7-8-16(14,11(17)12(15)19)13(20)18-9-5-4-6-10-18/h11H,4-10H2,1-3H3/t11-,15-,16-/m1/s1. The quantitative estimate of drug-likeness (QED) is 0.687. The number of ketones is 1. The fourth-order valence-electron chi connectivity index (χ4n) is 4.80. The number of alkyl halides is 1. The monoisotopic (exact) mass is 341 g/mol. The molecule has 112 valence electrons. The number of piperidine rings is 1. The minimum absolute atomic E-state index is 0.221. The lowest BCUT2D eigenvalue weighted by Crippen LogP contribution is -2.53. The van der Waals surface area contributed by atoms with E-state index in [0.29, 0.717) is 0 Å². The van der Waals surface area contributed by atoms with Crippen LogP contribution in [0.15, 0.2) is 0 Å². The number of rotatable bonds is 1. The van der Waals surface area contributed by atoms with Gasteiger partial charge in [0.1, 0.15) is 0 Å². The molecule has 1 saturated heterocycles. The highest BCUT2D eigenvalue weighted by Crippen LogP contribution is 2.72. The van der Waals surface area contributed by atoms with Crippen LogP contribution in [0.2, 0.25) is 0 Å². The van der Waals surface area contributed by atoms with Gasteiger partial charge in [-0.05, 0) is 37.5 Å². The topological polar surface area (TPSA) is 37.4 Å². The van der Waals surface area contributed by atoms with Crippen LogP contribution in [0, 0.1) is 16.2 Å². The molecule has 0 unspecified atom stereocenters. The van der Waals surface area contributed by atoms with Gasteiger partial charge in [0, 0.05) is 18.5 Å². The second-order valence-electron chi connectivity index (χ2n) is 7.51. The smallest absolute Gasteiger partial charge is 0.230 e. The molecule has 2 aliphatic carbocycles. The number of hydrogen-bond donors (Lipinski definition) is 0. The van der Waals surface area contributed by atoms with Crippen molar-refractivity contribution in [2.45, 2.75) is 57.7 Å². The number of likely N-dealkylation sites (tertiary alicyclic amines) is 1. The second-order valence-corrected chi connectivity index (χ2v) is 8.42. The molecule has 20 heavy (non-hydrogen) atoms. The molecule has 3 nitrogen and oxygen atoms in total. The first-order chi connectivity index (χ1) is 9.29. The molecule has 3 atom stereocenters. The third-order valence-electron chi connectivity index (χ3n) is 6.75. The molecule has 1 aliphatic heterocycles. The number of hydrogen-bond acceptors (Lipinski definition) is 2. The summed E-state index contributed by atoms with van der Waals surface area (Å²) in [5.74, 6) is 0.456. The Morgan fingerprint density at radius 2 is 1.75 bits per heavy atom. The zero-order valence-corrected chi connectivity index (χ0v) is 14.3. The van der Waals surface area contributed by atoms with Crippen molar-refractivity contribution in [1.82, 2.24) is 4.90 Å². The number of carbonyl (C=O) groups excluding carboxylic acids is 2. The largest absolute Gasteiger partial charge is 0.342 e. The van der Waals surface area contributed by atoms with Crippen LogP contribution in [0.5, 0.6) is 0 Å². The maximum absolute atomic E-state index is 13.2. The number of nitrogens with zero attached hydrogens (tertiary/aromatic N) is 1. The van der Waals surface area contributed by atoms with Crippen LogP contribution in [0.3, 0.4) is 0 Å². The van der Waals surface area contributed by atoms with E-state index in [9.17, 15) is 9.59 Å². The molecule has 2 bridgehead atoms. The van der Waals surface area contributed by atoms with E-state index in [1.807, 2.05) is 4.90 Å². The average molecular weight is 342 g/mol. The van der Waals surface area contributed by atoms with Crippen molar-refractivity contribution in [3.05, 3.63) is 0 Å². The van der Waals surface area contributed by atoms with Crippen LogP contribution in [-0.2, 0) is 9.59 Å².